The lowest BCUT2D eigenvalue weighted by atomic mass is 10.2. The number of esters is 1. The van der Waals surface area contributed by atoms with E-state index in [0.717, 1.165) is 5.56 Å². The fraction of sp³-hybridized carbons (Fsp3) is 0.385. The molecule has 0 fully saturated rings. The van der Waals surface area contributed by atoms with Crippen molar-refractivity contribution in [3.8, 4) is 0 Å². The zero-order valence-corrected chi connectivity index (χ0v) is 10.6. The summed E-state index contributed by atoms with van der Waals surface area (Å²) in [6, 6.07) is 7.02. The summed E-state index contributed by atoms with van der Waals surface area (Å²) >= 11 is 0. The lowest BCUT2D eigenvalue weighted by Crippen LogP contribution is -2.13. The molecule has 1 amide bonds. The second-order valence-electron chi connectivity index (χ2n) is 3.56. The van der Waals surface area contributed by atoms with Crippen LogP contribution in [0.1, 0.15) is 27.3 Å². The molecule has 0 saturated heterocycles. The lowest BCUT2D eigenvalue weighted by Gasteiger charge is -2.07. The number of nitrogens with one attached hydrogen (secondary N) is 1. The van der Waals surface area contributed by atoms with Crippen LogP contribution in [0.2, 0.25) is 0 Å². The Labute approximate surface area is 108 Å². The van der Waals surface area contributed by atoms with E-state index < -0.39 is 6.09 Å². The minimum absolute atomic E-state index is 0. The molecule has 0 atom stereocenters. The molecule has 1 N–H and O–H groups in total. The maximum absolute atomic E-state index is 11.1. The summed E-state index contributed by atoms with van der Waals surface area (Å²) in [5.74, 6) is -0.233. The molecular formula is C13H19NO4. The van der Waals surface area contributed by atoms with Gasteiger partial charge in [0.05, 0.1) is 6.61 Å². The minimum atomic E-state index is -0.484. The molecule has 0 unspecified atom stereocenters. The quantitative estimate of drug-likeness (QED) is 0.819. The number of carbonyl (C=O) groups excluding carboxylic acids is 2. The van der Waals surface area contributed by atoms with E-state index in [1.807, 2.05) is 0 Å². The minimum Gasteiger partial charge on any atom is -0.461 e. The molecule has 0 radical (unpaired) electrons. The number of hydrogen-bond acceptors (Lipinski definition) is 4. The monoisotopic (exact) mass is 253 g/mol. The highest BCUT2D eigenvalue weighted by molar-refractivity contribution is 5.84. The molecule has 5 heteroatoms. The number of hydrogen-bond donors (Lipinski definition) is 1. The maximum Gasteiger partial charge on any atom is 0.411 e. The van der Waals surface area contributed by atoms with Crippen LogP contribution in [-0.4, -0.2) is 18.7 Å². The molecule has 5 nitrogen and oxygen atoms in total. The predicted octanol–water partition coefficient (Wildman–Crippen LogP) is 2.95. The van der Waals surface area contributed by atoms with Crippen molar-refractivity contribution in [2.45, 2.75) is 26.9 Å². The van der Waals surface area contributed by atoms with Gasteiger partial charge >= 0.3 is 12.1 Å². The molecule has 1 aromatic carbocycles. The Balaban J connectivity index is 0.00000324. The van der Waals surface area contributed by atoms with Crippen molar-refractivity contribution in [3.05, 3.63) is 29.8 Å². The first-order valence-corrected chi connectivity index (χ1v) is 5.84. The van der Waals surface area contributed by atoms with E-state index in [9.17, 15) is 9.59 Å². The van der Waals surface area contributed by atoms with Crippen molar-refractivity contribution < 1.29 is 20.5 Å². The van der Waals surface area contributed by atoms with E-state index in [2.05, 4.69) is 5.32 Å². The average molecular weight is 253 g/mol. The largest absolute Gasteiger partial charge is 0.461 e. The van der Waals surface area contributed by atoms with Gasteiger partial charge in [0.1, 0.15) is 6.61 Å². The van der Waals surface area contributed by atoms with Crippen molar-refractivity contribution in [2.75, 3.05) is 11.9 Å². The highest BCUT2D eigenvalue weighted by atomic mass is 16.5. The van der Waals surface area contributed by atoms with Crippen LogP contribution in [0.15, 0.2) is 24.3 Å². The van der Waals surface area contributed by atoms with E-state index in [-0.39, 0.29) is 14.0 Å². The third-order valence-electron chi connectivity index (χ3n) is 2.16. The number of ether oxygens (including phenoxy) is 2. The van der Waals surface area contributed by atoms with Gasteiger partial charge in [0.15, 0.2) is 0 Å². The summed E-state index contributed by atoms with van der Waals surface area (Å²) in [4.78, 5) is 22.1. The Morgan fingerprint density at radius 1 is 1.17 bits per heavy atom. The third kappa shape index (κ3) is 4.86. The molecule has 18 heavy (non-hydrogen) atoms. The average Bonchev–Trinajstić information content (AvgIpc) is 2.37. The Morgan fingerprint density at radius 2 is 1.83 bits per heavy atom. The first-order chi connectivity index (χ1) is 8.65. The van der Waals surface area contributed by atoms with Gasteiger partial charge in [-0.15, -0.1) is 0 Å². The molecule has 0 aliphatic carbocycles. The number of anilines is 1. The van der Waals surface area contributed by atoms with Crippen LogP contribution < -0.4 is 5.32 Å². The summed E-state index contributed by atoms with van der Waals surface area (Å²) in [5, 5.41) is 2.58. The third-order valence-corrected chi connectivity index (χ3v) is 2.16. The van der Waals surface area contributed by atoms with E-state index in [4.69, 9.17) is 9.47 Å². The molecule has 0 saturated carbocycles. The van der Waals surface area contributed by atoms with Gasteiger partial charge in [0.25, 0.3) is 0 Å². The van der Waals surface area contributed by atoms with Crippen LogP contribution in [-0.2, 0) is 20.9 Å². The van der Waals surface area contributed by atoms with Crippen LogP contribution in [0.5, 0.6) is 0 Å². The maximum atomic E-state index is 11.1. The van der Waals surface area contributed by atoms with Gasteiger partial charge in [-0.25, -0.2) is 4.79 Å². The fourth-order valence-electron chi connectivity index (χ4n) is 1.24. The number of rotatable bonds is 5. The van der Waals surface area contributed by atoms with E-state index >= 15 is 0 Å². The van der Waals surface area contributed by atoms with Gasteiger partial charge in [-0.1, -0.05) is 19.1 Å². The standard InChI is InChI=1S/C13H17NO4.H2/c1-3-12(15)18-9-10-5-7-11(8-6-10)14-13(16)17-4-2;/h5-8H,3-4,9H2,1-2H3,(H,14,16);1H. The summed E-state index contributed by atoms with van der Waals surface area (Å²) in [7, 11) is 0. The Kier molecular flexibility index (Phi) is 5.70. The van der Waals surface area contributed by atoms with E-state index in [1.165, 1.54) is 0 Å². The Morgan fingerprint density at radius 3 is 2.39 bits per heavy atom. The zero-order chi connectivity index (χ0) is 13.4. The molecular weight excluding hydrogens is 234 g/mol. The molecule has 1 rings (SSSR count). The van der Waals surface area contributed by atoms with Gasteiger partial charge in [-0.2, -0.15) is 0 Å². The molecule has 0 bridgehead atoms. The second kappa shape index (κ2) is 7.32. The Bertz CT molecular complexity index is 406. The molecule has 0 heterocycles. The normalized spacial score (nSPS) is 9.67. The first-order valence-electron chi connectivity index (χ1n) is 5.84. The van der Waals surface area contributed by atoms with Crippen molar-refractivity contribution >= 4 is 17.7 Å². The first kappa shape index (κ1) is 14.0. The summed E-state index contributed by atoms with van der Waals surface area (Å²) in [6.45, 7) is 4.06. The molecule has 0 spiro atoms. The van der Waals surface area contributed by atoms with Crippen LogP contribution in [0.4, 0.5) is 10.5 Å². The smallest absolute Gasteiger partial charge is 0.411 e. The van der Waals surface area contributed by atoms with Crippen molar-refractivity contribution in [2.24, 2.45) is 0 Å². The van der Waals surface area contributed by atoms with Gasteiger partial charge in [0, 0.05) is 13.5 Å². The van der Waals surface area contributed by atoms with Crippen LogP contribution in [0.25, 0.3) is 0 Å². The van der Waals surface area contributed by atoms with Gasteiger partial charge < -0.3 is 9.47 Å². The molecule has 0 aliphatic heterocycles. The predicted molar refractivity (Wildman–Crippen MR) is 69.3 cm³/mol. The number of benzene rings is 1. The van der Waals surface area contributed by atoms with Gasteiger partial charge in [0.2, 0.25) is 0 Å². The van der Waals surface area contributed by atoms with Crippen molar-refractivity contribution in [3.63, 3.8) is 0 Å². The fourth-order valence-corrected chi connectivity index (χ4v) is 1.24. The molecule has 0 aromatic heterocycles. The number of amides is 1. The second-order valence-corrected chi connectivity index (χ2v) is 3.56. The number of carbonyl (C=O) groups is 2. The summed E-state index contributed by atoms with van der Waals surface area (Å²) in [6.07, 6.45) is -0.120. The van der Waals surface area contributed by atoms with E-state index in [1.54, 1.807) is 38.1 Å². The molecule has 0 aliphatic rings. The molecule has 100 valence electrons. The topological polar surface area (TPSA) is 64.6 Å². The van der Waals surface area contributed by atoms with Crippen molar-refractivity contribution in [1.82, 2.24) is 0 Å². The van der Waals surface area contributed by atoms with Crippen LogP contribution >= 0.6 is 0 Å². The van der Waals surface area contributed by atoms with Crippen LogP contribution in [0, 0.1) is 0 Å². The van der Waals surface area contributed by atoms with Crippen LogP contribution in [0.3, 0.4) is 0 Å². The SMILES string of the molecule is CCOC(=O)Nc1ccc(COC(=O)CC)cc1.[HH]. The highest BCUT2D eigenvalue weighted by Gasteiger charge is 2.03. The molecule has 1 aromatic rings. The highest BCUT2D eigenvalue weighted by Crippen LogP contribution is 2.11. The van der Waals surface area contributed by atoms with Gasteiger partial charge in [-0.05, 0) is 24.6 Å². The summed E-state index contributed by atoms with van der Waals surface area (Å²) in [5.41, 5.74) is 1.50. The van der Waals surface area contributed by atoms with E-state index in [0.29, 0.717) is 18.7 Å². The Hall–Kier alpha value is -2.04. The van der Waals surface area contributed by atoms with Crippen molar-refractivity contribution in [1.29, 1.82) is 0 Å². The summed E-state index contributed by atoms with van der Waals surface area (Å²) < 4.78 is 9.74. The lowest BCUT2D eigenvalue weighted by molar-refractivity contribution is -0.144. The van der Waals surface area contributed by atoms with Gasteiger partial charge in [-0.3, -0.25) is 10.1 Å². The zero-order valence-electron chi connectivity index (χ0n) is 10.6.